The Morgan fingerprint density at radius 1 is 1.33 bits per heavy atom. The van der Waals surface area contributed by atoms with Crippen LogP contribution in [0.3, 0.4) is 0 Å². The summed E-state index contributed by atoms with van der Waals surface area (Å²) >= 11 is 1.64. The van der Waals surface area contributed by atoms with Gasteiger partial charge in [0.2, 0.25) is 0 Å². The van der Waals surface area contributed by atoms with Gasteiger partial charge < -0.3 is 5.73 Å². The van der Waals surface area contributed by atoms with E-state index in [1.807, 2.05) is 35.2 Å². The number of hydrogen-bond acceptors (Lipinski definition) is 3. The second kappa shape index (κ2) is 3.98. The number of aryl methyl sites for hydroxylation is 1. The van der Waals surface area contributed by atoms with Crippen molar-refractivity contribution < 1.29 is 0 Å². The molecule has 0 bridgehead atoms. The normalized spacial score (nSPS) is 10.5. The molecule has 0 atom stereocenters. The number of nitrogens with two attached hydrogens (primary N) is 1. The van der Waals surface area contributed by atoms with Crippen LogP contribution in [-0.2, 0) is 0 Å². The summed E-state index contributed by atoms with van der Waals surface area (Å²) in [6.07, 6.45) is 2.02. The van der Waals surface area contributed by atoms with Gasteiger partial charge in [-0.05, 0) is 24.8 Å². The van der Waals surface area contributed by atoms with Gasteiger partial charge in [-0.3, -0.25) is 0 Å². The zero-order chi connectivity index (χ0) is 10.8. The van der Waals surface area contributed by atoms with Crippen molar-refractivity contribution in [2.45, 2.75) is 11.9 Å². The molecule has 15 heavy (non-hydrogen) atoms. The average molecular weight is 219 g/mol. The second-order valence-electron chi connectivity index (χ2n) is 3.31. The third-order valence-corrected chi connectivity index (χ3v) is 2.96. The first-order chi connectivity index (χ1) is 7.22. The van der Waals surface area contributed by atoms with Crippen LogP contribution in [0.2, 0.25) is 0 Å². The van der Waals surface area contributed by atoms with Crippen molar-refractivity contribution in [1.29, 1.82) is 0 Å². The number of aromatic nitrogens is 2. The number of benzene rings is 1. The van der Waals surface area contributed by atoms with Gasteiger partial charge in [0.15, 0.2) is 0 Å². The molecule has 1 heterocycles. The van der Waals surface area contributed by atoms with E-state index in [0.717, 1.165) is 10.7 Å². The molecule has 0 amide bonds. The molecule has 0 unspecified atom stereocenters. The highest BCUT2D eigenvalue weighted by molar-refractivity contribution is 7.98. The van der Waals surface area contributed by atoms with E-state index in [9.17, 15) is 0 Å². The lowest BCUT2D eigenvalue weighted by molar-refractivity contribution is 0.802. The summed E-state index contributed by atoms with van der Waals surface area (Å²) in [5, 5.41) is 5.34. The van der Waals surface area contributed by atoms with E-state index in [1.165, 1.54) is 5.56 Å². The molecule has 1 aromatic heterocycles. The Morgan fingerprint density at radius 3 is 2.73 bits per heavy atom. The Morgan fingerprint density at radius 2 is 2.07 bits per heavy atom. The predicted molar refractivity (Wildman–Crippen MR) is 64.5 cm³/mol. The van der Waals surface area contributed by atoms with Gasteiger partial charge in [-0.25, -0.2) is 4.68 Å². The molecule has 0 spiro atoms. The number of rotatable bonds is 2. The first-order valence-corrected chi connectivity index (χ1v) is 5.90. The maximum Gasteiger partial charge on any atom is 0.147 e. The van der Waals surface area contributed by atoms with Gasteiger partial charge in [-0.1, -0.05) is 18.2 Å². The van der Waals surface area contributed by atoms with Gasteiger partial charge in [-0.2, -0.15) is 0 Å². The molecule has 2 N–H and O–H groups in total. The van der Waals surface area contributed by atoms with Gasteiger partial charge in [0, 0.05) is 6.07 Å². The van der Waals surface area contributed by atoms with Gasteiger partial charge in [0.05, 0.1) is 5.69 Å². The van der Waals surface area contributed by atoms with Crippen LogP contribution in [0.25, 0.3) is 5.69 Å². The number of thioether (sulfide) groups is 1. The highest BCUT2D eigenvalue weighted by atomic mass is 32.2. The molecule has 78 valence electrons. The molecular weight excluding hydrogens is 206 g/mol. The Bertz CT molecular complexity index is 476. The summed E-state index contributed by atoms with van der Waals surface area (Å²) in [4.78, 5) is 0. The third-order valence-electron chi connectivity index (χ3n) is 2.25. The zero-order valence-electron chi connectivity index (χ0n) is 8.77. The predicted octanol–water partition coefficient (Wildman–Crippen LogP) is 2.48. The lowest BCUT2D eigenvalue weighted by Crippen LogP contribution is -2.00. The van der Waals surface area contributed by atoms with E-state index in [1.54, 1.807) is 11.8 Å². The van der Waals surface area contributed by atoms with E-state index in [-0.39, 0.29) is 0 Å². The molecule has 4 heteroatoms. The summed E-state index contributed by atoms with van der Waals surface area (Å²) in [6.45, 7) is 2.07. The van der Waals surface area contributed by atoms with Crippen molar-refractivity contribution in [3.8, 4) is 5.69 Å². The molecule has 0 aliphatic heterocycles. The van der Waals surface area contributed by atoms with Crippen molar-refractivity contribution in [1.82, 2.24) is 9.78 Å². The van der Waals surface area contributed by atoms with E-state index >= 15 is 0 Å². The monoisotopic (exact) mass is 219 g/mol. The largest absolute Gasteiger partial charge is 0.382 e. The van der Waals surface area contributed by atoms with Crippen LogP contribution in [0.4, 0.5) is 5.82 Å². The molecule has 0 aliphatic carbocycles. The van der Waals surface area contributed by atoms with Crippen LogP contribution >= 0.6 is 11.8 Å². The molecule has 0 radical (unpaired) electrons. The SMILES string of the molecule is CSc1cc(N)nn1-c1ccccc1C. The van der Waals surface area contributed by atoms with Crippen LogP contribution < -0.4 is 5.73 Å². The van der Waals surface area contributed by atoms with Crippen LogP contribution in [0.15, 0.2) is 35.4 Å². The van der Waals surface area contributed by atoms with Crippen LogP contribution in [-0.4, -0.2) is 16.0 Å². The summed E-state index contributed by atoms with van der Waals surface area (Å²) in [5.41, 5.74) is 7.97. The number of anilines is 1. The van der Waals surface area contributed by atoms with Crippen molar-refractivity contribution >= 4 is 17.6 Å². The Balaban J connectivity index is 2.58. The van der Waals surface area contributed by atoms with E-state index in [2.05, 4.69) is 18.1 Å². The summed E-state index contributed by atoms with van der Waals surface area (Å²) in [6, 6.07) is 10.0. The van der Waals surface area contributed by atoms with Crippen molar-refractivity contribution in [2.75, 3.05) is 12.0 Å². The number of nitrogens with zero attached hydrogens (tertiary/aromatic N) is 2. The maximum absolute atomic E-state index is 5.70. The number of hydrogen-bond donors (Lipinski definition) is 1. The lowest BCUT2D eigenvalue weighted by atomic mass is 10.2. The highest BCUT2D eigenvalue weighted by Gasteiger charge is 2.08. The third kappa shape index (κ3) is 1.85. The lowest BCUT2D eigenvalue weighted by Gasteiger charge is -2.07. The minimum atomic E-state index is 0.558. The van der Waals surface area contributed by atoms with Crippen molar-refractivity contribution in [3.63, 3.8) is 0 Å². The minimum absolute atomic E-state index is 0.558. The van der Waals surface area contributed by atoms with E-state index in [4.69, 9.17) is 5.73 Å². The molecule has 0 saturated carbocycles. The Labute approximate surface area is 93.3 Å². The van der Waals surface area contributed by atoms with Gasteiger partial charge in [-0.15, -0.1) is 16.9 Å². The van der Waals surface area contributed by atoms with Crippen molar-refractivity contribution in [3.05, 3.63) is 35.9 Å². The smallest absolute Gasteiger partial charge is 0.147 e. The first-order valence-electron chi connectivity index (χ1n) is 4.68. The molecule has 0 saturated heterocycles. The second-order valence-corrected chi connectivity index (χ2v) is 4.14. The molecule has 0 fully saturated rings. The maximum atomic E-state index is 5.70. The van der Waals surface area contributed by atoms with E-state index < -0.39 is 0 Å². The van der Waals surface area contributed by atoms with Crippen molar-refractivity contribution in [2.24, 2.45) is 0 Å². The fraction of sp³-hybridized carbons (Fsp3) is 0.182. The van der Waals surface area contributed by atoms with Gasteiger partial charge in [0.25, 0.3) is 0 Å². The van der Waals surface area contributed by atoms with Gasteiger partial charge >= 0.3 is 0 Å². The summed E-state index contributed by atoms with van der Waals surface area (Å²) < 4.78 is 1.88. The quantitative estimate of drug-likeness (QED) is 0.789. The van der Waals surface area contributed by atoms with Crippen LogP contribution in [0, 0.1) is 6.92 Å². The molecule has 2 rings (SSSR count). The Kier molecular flexibility index (Phi) is 2.68. The zero-order valence-corrected chi connectivity index (χ0v) is 9.58. The highest BCUT2D eigenvalue weighted by Crippen LogP contribution is 2.23. The van der Waals surface area contributed by atoms with Crippen LogP contribution in [0.5, 0.6) is 0 Å². The molecule has 0 aliphatic rings. The Hall–Kier alpha value is -1.42. The minimum Gasteiger partial charge on any atom is -0.382 e. The number of para-hydroxylation sites is 1. The fourth-order valence-electron chi connectivity index (χ4n) is 1.50. The average Bonchev–Trinajstić information content (AvgIpc) is 2.60. The topological polar surface area (TPSA) is 43.8 Å². The summed E-state index contributed by atoms with van der Waals surface area (Å²) in [5.74, 6) is 0.558. The van der Waals surface area contributed by atoms with Crippen LogP contribution in [0.1, 0.15) is 5.56 Å². The molecule has 3 nitrogen and oxygen atoms in total. The standard InChI is InChI=1S/C11H13N3S/c1-8-5-3-4-6-9(8)14-11(15-2)7-10(12)13-14/h3-7H,1-2H3,(H2,12,13). The fourth-order valence-corrected chi connectivity index (χ4v) is 2.05. The van der Waals surface area contributed by atoms with Gasteiger partial charge in [0.1, 0.15) is 10.8 Å². The molecular formula is C11H13N3S. The van der Waals surface area contributed by atoms with E-state index in [0.29, 0.717) is 5.82 Å². The molecule has 1 aromatic carbocycles. The summed E-state index contributed by atoms with van der Waals surface area (Å²) in [7, 11) is 0. The molecule has 2 aromatic rings. The number of nitrogen functional groups attached to an aromatic ring is 1. The first kappa shape index (κ1) is 10.1.